The Bertz CT molecular complexity index is 682. The minimum atomic E-state index is -0.00540. The maximum Gasteiger partial charge on any atom is 0.222 e. The van der Waals surface area contributed by atoms with Crippen molar-refractivity contribution >= 4 is 11.7 Å². The van der Waals surface area contributed by atoms with E-state index in [9.17, 15) is 9.90 Å². The number of piperazine rings is 1. The number of carbonyl (C=O) groups is 1. The van der Waals surface area contributed by atoms with Gasteiger partial charge in [-0.05, 0) is 39.2 Å². The third kappa shape index (κ3) is 3.07. The number of likely N-dealkylation sites (N-methyl/N-ethyl adjacent to an activating group) is 1. The van der Waals surface area contributed by atoms with Crippen LogP contribution >= 0.6 is 0 Å². The van der Waals surface area contributed by atoms with Gasteiger partial charge < -0.3 is 14.9 Å². The first-order valence-corrected chi connectivity index (χ1v) is 9.80. The van der Waals surface area contributed by atoms with Gasteiger partial charge in [0.05, 0.1) is 6.61 Å². The third-order valence-electron chi connectivity index (χ3n) is 6.53. The van der Waals surface area contributed by atoms with Crippen LogP contribution in [0.2, 0.25) is 0 Å². The van der Waals surface area contributed by atoms with E-state index in [0.29, 0.717) is 13.0 Å². The zero-order valence-corrected chi connectivity index (χ0v) is 15.7. The molecule has 7 heteroatoms. The first-order chi connectivity index (χ1) is 12.6. The fourth-order valence-electron chi connectivity index (χ4n) is 4.85. The molecule has 0 unspecified atom stereocenters. The second kappa shape index (κ2) is 7.12. The fraction of sp³-hybridized carbons (Fsp3) is 0.737. The van der Waals surface area contributed by atoms with Gasteiger partial charge in [0.2, 0.25) is 5.91 Å². The Morgan fingerprint density at radius 2 is 2.04 bits per heavy atom. The molecule has 4 rings (SSSR count). The predicted octanol–water partition coefficient (Wildman–Crippen LogP) is 0.461. The topological polar surface area (TPSA) is 72.8 Å². The molecule has 2 saturated heterocycles. The van der Waals surface area contributed by atoms with E-state index < -0.39 is 0 Å². The molecule has 7 nitrogen and oxygen atoms in total. The van der Waals surface area contributed by atoms with Crippen LogP contribution in [0.3, 0.4) is 0 Å². The summed E-state index contributed by atoms with van der Waals surface area (Å²) in [6.45, 7) is 4.06. The molecule has 1 aromatic heterocycles. The molecular formula is C19H29N5O2. The Balaban J connectivity index is 1.57. The SMILES string of the molecule is CN1CCN(c2ncnc3c2CCC3)C[C@@]12CCC(=O)N(CCO)CC2. The molecule has 1 amide bonds. The van der Waals surface area contributed by atoms with Crippen molar-refractivity contribution in [3.8, 4) is 0 Å². The number of anilines is 1. The zero-order chi connectivity index (χ0) is 18.1. The summed E-state index contributed by atoms with van der Waals surface area (Å²) in [5.74, 6) is 1.28. The molecule has 0 bridgehead atoms. The summed E-state index contributed by atoms with van der Waals surface area (Å²) < 4.78 is 0. The second-order valence-electron chi connectivity index (χ2n) is 7.90. The van der Waals surface area contributed by atoms with E-state index in [2.05, 4.69) is 26.8 Å². The number of β-amino-alcohol motifs (C(OH)–C–C–N with tert-alkyl or cyclic N) is 1. The Kier molecular flexibility index (Phi) is 4.84. The number of hydrogen-bond donors (Lipinski definition) is 1. The van der Waals surface area contributed by atoms with Crippen LogP contribution in [-0.2, 0) is 17.6 Å². The number of fused-ring (bicyclic) bond motifs is 1. The van der Waals surface area contributed by atoms with Gasteiger partial charge in [0.15, 0.2) is 0 Å². The smallest absolute Gasteiger partial charge is 0.222 e. The molecule has 3 aliphatic rings. The van der Waals surface area contributed by atoms with E-state index in [1.165, 1.54) is 17.7 Å². The summed E-state index contributed by atoms with van der Waals surface area (Å²) in [4.78, 5) is 28.2. The normalized spacial score (nSPS) is 27.1. The zero-order valence-electron chi connectivity index (χ0n) is 15.7. The molecule has 2 aliphatic heterocycles. The van der Waals surface area contributed by atoms with Crippen molar-refractivity contribution in [3.05, 3.63) is 17.6 Å². The molecule has 0 saturated carbocycles. The monoisotopic (exact) mass is 359 g/mol. The van der Waals surface area contributed by atoms with Gasteiger partial charge in [-0.15, -0.1) is 0 Å². The van der Waals surface area contributed by atoms with Crippen molar-refractivity contribution in [1.82, 2.24) is 19.8 Å². The number of amides is 1. The molecule has 3 heterocycles. The highest BCUT2D eigenvalue weighted by Crippen LogP contribution is 2.36. The average Bonchev–Trinajstić information content (AvgIpc) is 3.08. The van der Waals surface area contributed by atoms with Crippen molar-refractivity contribution in [3.63, 3.8) is 0 Å². The van der Waals surface area contributed by atoms with Crippen LogP contribution in [0.1, 0.15) is 36.9 Å². The van der Waals surface area contributed by atoms with Crippen molar-refractivity contribution in [1.29, 1.82) is 0 Å². The van der Waals surface area contributed by atoms with Gasteiger partial charge >= 0.3 is 0 Å². The highest BCUT2D eigenvalue weighted by atomic mass is 16.3. The number of aliphatic hydroxyl groups excluding tert-OH is 1. The quantitative estimate of drug-likeness (QED) is 0.845. The van der Waals surface area contributed by atoms with Crippen LogP contribution in [0.4, 0.5) is 5.82 Å². The summed E-state index contributed by atoms with van der Waals surface area (Å²) in [7, 11) is 2.19. The van der Waals surface area contributed by atoms with Gasteiger partial charge in [-0.3, -0.25) is 9.69 Å². The first-order valence-electron chi connectivity index (χ1n) is 9.80. The lowest BCUT2D eigenvalue weighted by Gasteiger charge is -2.50. The van der Waals surface area contributed by atoms with E-state index in [-0.39, 0.29) is 18.1 Å². The maximum absolute atomic E-state index is 12.4. The molecular weight excluding hydrogens is 330 g/mol. The van der Waals surface area contributed by atoms with E-state index in [1.807, 2.05) is 4.90 Å². The lowest BCUT2D eigenvalue weighted by Crippen LogP contribution is -2.61. The van der Waals surface area contributed by atoms with Crippen molar-refractivity contribution in [2.75, 3.05) is 51.3 Å². The predicted molar refractivity (Wildman–Crippen MR) is 99.1 cm³/mol. The van der Waals surface area contributed by atoms with Crippen LogP contribution in [0, 0.1) is 0 Å². The van der Waals surface area contributed by atoms with E-state index in [4.69, 9.17) is 0 Å². The molecule has 26 heavy (non-hydrogen) atoms. The largest absolute Gasteiger partial charge is 0.395 e. The van der Waals surface area contributed by atoms with Crippen LogP contribution in [-0.4, -0.2) is 82.7 Å². The Hall–Kier alpha value is -1.73. The molecule has 1 atom stereocenters. The van der Waals surface area contributed by atoms with E-state index in [0.717, 1.165) is 57.7 Å². The number of rotatable bonds is 3. The number of carbonyl (C=O) groups excluding carboxylic acids is 1. The van der Waals surface area contributed by atoms with Crippen LogP contribution in [0.15, 0.2) is 6.33 Å². The average molecular weight is 359 g/mol. The number of aryl methyl sites for hydroxylation is 1. The van der Waals surface area contributed by atoms with Gasteiger partial charge in [0.25, 0.3) is 0 Å². The molecule has 1 aromatic rings. The third-order valence-corrected chi connectivity index (χ3v) is 6.53. The standard InChI is InChI=1S/C19H29N5O2/c1-22-9-10-24(18-15-3-2-4-16(15)20-14-21-18)13-19(22)6-5-17(26)23(8-7-19)11-12-25/h14,25H,2-13H2,1H3/t19-/m0/s1. The maximum atomic E-state index is 12.4. The summed E-state index contributed by atoms with van der Waals surface area (Å²) >= 11 is 0. The molecule has 1 N–H and O–H groups in total. The Morgan fingerprint density at radius 1 is 1.15 bits per heavy atom. The summed E-state index contributed by atoms with van der Waals surface area (Å²) in [5, 5.41) is 9.24. The van der Waals surface area contributed by atoms with Crippen LogP contribution < -0.4 is 4.90 Å². The molecule has 0 aromatic carbocycles. The highest BCUT2D eigenvalue weighted by Gasteiger charge is 2.43. The van der Waals surface area contributed by atoms with E-state index in [1.54, 1.807) is 6.33 Å². The molecule has 1 aliphatic carbocycles. The van der Waals surface area contributed by atoms with Gasteiger partial charge in [0.1, 0.15) is 12.1 Å². The minimum absolute atomic E-state index is 0.00540. The number of aliphatic hydroxyl groups is 1. The fourth-order valence-corrected chi connectivity index (χ4v) is 4.85. The lowest BCUT2D eigenvalue weighted by atomic mass is 9.86. The number of likely N-dealkylation sites (tertiary alicyclic amines) is 1. The van der Waals surface area contributed by atoms with Crippen molar-refractivity contribution in [2.24, 2.45) is 0 Å². The number of nitrogens with zero attached hydrogens (tertiary/aromatic N) is 5. The van der Waals surface area contributed by atoms with Gasteiger partial charge in [0, 0.05) is 55.9 Å². The van der Waals surface area contributed by atoms with Crippen molar-refractivity contribution < 1.29 is 9.90 Å². The first kappa shape index (κ1) is 17.7. The highest BCUT2D eigenvalue weighted by molar-refractivity contribution is 5.76. The lowest BCUT2D eigenvalue weighted by molar-refractivity contribution is -0.131. The molecule has 142 valence electrons. The van der Waals surface area contributed by atoms with Gasteiger partial charge in [-0.1, -0.05) is 0 Å². The molecule has 0 radical (unpaired) electrons. The van der Waals surface area contributed by atoms with Gasteiger partial charge in [-0.25, -0.2) is 9.97 Å². The van der Waals surface area contributed by atoms with Crippen molar-refractivity contribution in [2.45, 2.75) is 44.1 Å². The summed E-state index contributed by atoms with van der Waals surface area (Å²) in [6, 6.07) is 0. The summed E-state index contributed by atoms with van der Waals surface area (Å²) in [5.41, 5.74) is 2.54. The number of hydrogen-bond acceptors (Lipinski definition) is 6. The number of aromatic nitrogens is 2. The minimum Gasteiger partial charge on any atom is -0.395 e. The second-order valence-corrected chi connectivity index (χ2v) is 7.90. The Labute approximate surface area is 155 Å². The van der Waals surface area contributed by atoms with E-state index >= 15 is 0 Å². The Morgan fingerprint density at radius 3 is 2.88 bits per heavy atom. The summed E-state index contributed by atoms with van der Waals surface area (Å²) in [6.07, 6.45) is 7.39. The van der Waals surface area contributed by atoms with Crippen LogP contribution in [0.25, 0.3) is 0 Å². The molecule has 2 fully saturated rings. The van der Waals surface area contributed by atoms with Gasteiger partial charge in [-0.2, -0.15) is 0 Å². The molecule has 1 spiro atoms. The van der Waals surface area contributed by atoms with Crippen LogP contribution in [0.5, 0.6) is 0 Å².